The van der Waals surface area contributed by atoms with Gasteiger partial charge in [0.05, 0.1) is 0 Å². The van der Waals surface area contributed by atoms with E-state index in [1.807, 2.05) is 12.1 Å². The number of fused-ring (bicyclic) bond motifs is 2. The number of amides is 2. The number of nitrogens with zero attached hydrogens (tertiary/aromatic N) is 1. The van der Waals surface area contributed by atoms with Crippen LogP contribution in [0.25, 0.3) is 0 Å². The minimum absolute atomic E-state index is 0.202. The Morgan fingerprint density at radius 1 is 1.00 bits per heavy atom. The normalized spacial score (nSPS) is 15.4. The van der Waals surface area contributed by atoms with E-state index in [4.69, 9.17) is 9.47 Å². The molecule has 2 aliphatic heterocycles. The molecule has 0 radical (unpaired) electrons. The second-order valence-corrected chi connectivity index (χ2v) is 6.57. The Kier molecular flexibility index (Phi) is 4.93. The maximum absolute atomic E-state index is 12.0. The molecule has 6 nitrogen and oxygen atoms in total. The van der Waals surface area contributed by atoms with Gasteiger partial charge in [-0.25, -0.2) is 4.79 Å². The van der Waals surface area contributed by atoms with E-state index in [1.165, 1.54) is 11.1 Å². The van der Waals surface area contributed by atoms with Gasteiger partial charge in [0.2, 0.25) is 0 Å². The van der Waals surface area contributed by atoms with Crippen molar-refractivity contribution in [3.63, 3.8) is 0 Å². The second-order valence-electron chi connectivity index (χ2n) is 6.57. The van der Waals surface area contributed by atoms with Crippen molar-refractivity contribution >= 4 is 11.7 Å². The van der Waals surface area contributed by atoms with E-state index in [0.717, 1.165) is 26.1 Å². The lowest BCUT2D eigenvalue weighted by Gasteiger charge is -2.19. The van der Waals surface area contributed by atoms with E-state index in [-0.39, 0.29) is 6.03 Å². The zero-order valence-corrected chi connectivity index (χ0v) is 14.7. The maximum atomic E-state index is 12.0. The Morgan fingerprint density at radius 2 is 1.73 bits per heavy atom. The molecule has 0 bridgehead atoms. The van der Waals surface area contributed by atoms with Crippen LogP contribution >= 0.6 is 0 Å². The fraction of sp³-hybridized carbons (Fsp3) is 0.350. The molecule has 0 spiro atoms. The molecule has 136 valence electrons. The Balaban J connectivity index is 1.18. The number of rotatable bonds is 5. The van der Waals surface area contributed by atoms with E-state index >= 15 is 0 Å². The second kappa shape index (κ2) is 7.66. The van der Waals surface area contributed by atoms with Crippen molar-refractivity contribution in [2.45, 2.75) is 19.5 Å². The van der Waals surface area contributed by atoms with E-state index in [1.54, 1.807) is 6.07 Å². The summed E-state index contributed by atoms with van der Waals surface area (Å²) in [5, 5.41) is 5.74. The van der Waals surface area contributed by atoms with Crippen LogP contribution in [0.3, 0.4) is 0 Å². The van der Waals surface area contributed by atoms with Crippen LogP contribution in [0.1, 0.15) is 17.5 Å². The van der Waals surface area contributed by atoms with Crippen molar-refractivity contribution < 1.29 is 14.3 Å². The predicted molar refractivity (Wildman–Crippen MR) is 99.6 cm³/mol. The Hall–Kier alpha value is -2.73. The molecule has 0 saturated carbocycles. The summed E-state index contributed by atoms with van der Waals surface area (Å²) in [7, 11) is 0. The molecule has 2 aromatic carbocycles. The molecular formula is C20H23N3O3. The largest absolute Gasteiger partial charge is 0.486 e. The van der Waals surface area contributed by atoms with E-state index in [0.29, 0.717) is 36.9 Å². The van der Waals surface area contributed by atoms with Crippen LogP contribution in [0.4, 0.5) is 10.5 Å². The van der Waals surface area contributed by atoms with Gasteiger partial charge in [0.15, 0.2) is 11.5 Å². The van der Waals surface area contributed by atoms with Crippen molar-refractivity contribution in [3.8, 4) is 11.5 Å². The van der Waals surface area contributed by atoms with Crippen molar-refractivity contribution in [1.29, 1.82) is 0 Å². The first-order valence-electron chi connectivity index (χ1n) is 9.01. The molecule has 0 atom stereocenters. The van der Waals surface area contributed by atoms with E-state index in [2.05, 4.69) is 39.8 Å². The van der Waals surface area contributed by atoms with Gasteiger partial charge >= 0.3 is 6.03 Å². The first-order chi connectivity index (χ1) is 12.8. The number of carbonyl (C=O) groups excluding carboxylic acids is 1. The molecule has 0 aliphatic carbocycles. The van der Waals surface area contributed by atoms with Gasteiger partial charge in [-0.1, -0.05) is 24.3 Å². The molecule has 0 saturated heterocycles. The van der Waals surface area contributed by atoms with Crippen LogP contribution < -0.4 is 20.1 Å². The number of benzene rings is 2. The fourth-order valence-electron chi connectivity index (χ4n) is 3.36. The number of ether oxygens (including phenoxy) is 2. The first-order valence-corrected chi connectivity index (χ1v) is 9.01. The third-order valence-electron chi connectivity index (χ3n) is 4.64. The van der Waals surface area contributed by atoms with E-state index in [9.17, 15) is 4.79 Å². The van der Waals surface area contributed by atoms with Gasteiger partial charge in [0.25, 0.3) is 0 Å². The molecule has 2 heterocycles. The first kappa shape index (κ1) is 16.7. The lowest BCUT2D eigenvalue weighted by atomic mass is 10.1. The van der Waals surface area contributed by atoms with Crippen molar-refractivity contribution in [2.24, 2.45) is 0 Å². The van der Waals surface area contributed by atoms with Gasteiger partial charge in [-0.15, -0.1) is 0 Å². The predicted octanol–water partition coefficient (Wildman–Crippen LogP) is 2.99. The average molecular weight is 353 g/mol. The number of hydrogen-bond acceptors (Lipinski definition) is 4. The molecule has 2 N–H and O–H groups in total. The molecule has 0 fully saturated rings. The topological polar surface area (TPSA) is 62.8 Å². The summed E-state index contributed by atoms with van der Waals surface area (Å²) in [4.78, 5) is 14.5. The zero-order valence-electron chi connectivity index (χ0n) is 14.7. The van der Waals surface area contributed by atoms with Crippen LogP contribution in [0.15, 0.2) is 42.5 Å². The highest BCUT2D eigenvalue weighted by molar-refractivity contribution is 5.89. The number of hydrogen-bond donors (Lipinski definition) is 2. The Bertz CT molecular complexity index is 769. The van der Waals surface area contributed by atoms with Crippen LogP contribution in [0.2, 0.25) is 0 Å². The van der Waals surface area contributed by atoms with E-state index < -0.39 is 0 Å². The molecular weight excluding hydrogens is 330 g/mol. The monoisotopic (exact) mass is 353 g/mol. The molecule has 0 aromatic heterocycles. The average Bonchev–Trinajstić information content (AvgIpc) is 3.08. The molecule has 4 rings (SSSR count). The van der Waals surface area contributed by atoms with Crippen molar-refractivity contribution in [3.05, 3.63) is 53.6 Å². The lowest BCUT2D eigenvalue weighted by molar-refractivity contribution is 0.171. The van der Waals surface area contributed by atoms with Gasteiger partial charge < -0.3 is 20.1 Å². The van der Waals surface area contributed by atoms with Crippen LogP contribution in [-0.2, 0) is 13.1 Å². The van der Waals surface area contributed by atoms with Crippen LogP contribution in [0.5, 0.6) is 11.5 Å². The van der Waals surface area contributed by atoms with Gasteiger partial charge in [-0.3, -0.25) is 4.90 Å². The quantitative estimate of drug-likeness (QED) is 0.811. The summed E-state index contributed by atoms with van der Waals surface area (Å²) in [6.07, 6.45) is 0.919. The SMILES string of the molecule is O=C(NCCCN1Cc2ccccc2C1)Nc1ccc2c(c1)OCCO2. The standard InChI is InChI=1S/C20H23N3O3/c24-20(22-17-6-7-18-19(12-17)26-11-10-25-18)21-8-3-9-23-13-15-4-1-2-5-16(15)14-23/h1-2,4-7,12H,3,8-11,13-14H2,(H2,21,22,24). The maximum Gasteiger partial charge on any atom is 0.319 e. The lowest BCUT2D eigenvalue weighted by Crippen LogP contribution is -2.31. The fourth-order valence-corrected chi connectivity index (χ4v) is 3.36. The molecule has 26 heavy (non-hydrogen) atoms. The minimum atomic E-state index is -0.202. The zero-order chi connectivity index (χ0) is 17.8. The van der Waals surface area contributed by atoms with Gasteiger partial charge in [-0.05, 0) is 29.7 Å². The molecule has 0 unspecified atom stereocenters. The number of nitrogens with one attached hydrogen (secondary N) is 2. The van der Waals surface area contributed by atoms with Crippen molar-refractivity contribution in [2.75, 3.05) is 31.6 Å². The Labute approximate surface area is 153 Å². The molecule has 2 amide bonds. The summed E-state index contributed by atoms with van der Waals surface area (Å²) < 4.78 is 11.0. The highest BCUT2D eigenvalue weighted by Crippen LogP contribution is 2.32. The highest BCUT2D eigenvalue weighted by Gasteiger charge is 2.17. The number of carbonyl (C=O) groups is 1. The van der Waals surface area contributed by atoms with Crippen LogP contribution in [0, 0.1) is 0 Å². The summed E-state index contributed by atoms with van der Waals surface area (Å²) >= 11 is 0. The third-order valence-corrected chi connectivity index (χ3v) is 4.64. The molecule has 6 heteroatoms. The van der Waals surface area contributed by atoms with Crippen molar-refractivity contribution in [1.82, 2.24) is 10.2 Å². The summed E-state index contributed by atoms with van der Waals surface area (Å²) in [6.45, 7) is 4.70. The summed E-state index contributed by atoms with van der Waals surface area (Å²) in [5.74, 6) is 1.39. The Morgan fingerprint density at radius 3 is 2.50 bits per heavy atom. The summed E-state index contributed by atoms with van der Waals surface area (Å²) in [6, 6.07) is 13.8. The molecule has 2 aliphatic rings. The molecule has 2 aromatic rings. The third kappa shape index (κ3) is 3.91. The smallest absolute Gasteiger partial charge is 0.319 e. The summed E-state index contributed by atoms with van der Waals surface area (Å²) in [5.41, 5.74) is 3.52. The van der Waals surface area contributed by atoms with Gasteiger partial charge in [0.1, 0.15) is 13.2 Å². The number of anilines is 1. The number of urea groups is 1. The minimum Gasteiger partial charge on any atom is -0.486 e. The van der Waals surface area contributed by atoms with Gasteiger partial charge in [0, 0.05) is 37.9 Å². The highest BCUT2D eigenvalue weighted by atomic mass is 16.6. The van der Waals surface area contributed by atoms with Gasteiger partial charge in [-0.2, -0.15) is 0 Å². The van der Waals surface area contributed by atoms with Crippen LogP contribution in [-0.4, -0.2) is 37.2 Å².